The highest BCUT2D eigenvalue weighted by Gasteiger charge is 2.08. The van der Waals surface area contributed by atoms with Crippen LogP contribution >= 0.6 is 0 Å². The fourth-order valence-corrected chi connectivity index (χ4v) is 1.59. The molecule has 1 rings (SSSR count). The third-order valence-corrected chi connectivity index (χ3v) is 2.39. The molecule has 3 nitrogen and oxygen atoms in total. The first kappa shape index (κ1) is 10.8. The molecule has 0 bridgehead atoms. The van der Waals surface area contributed by atoms with Crippen LogP contribution in [0.1, 0.15) is 19.3 Å². The van der Waals surface area contributed by atoms with Crippen LogP contribution in [0.3, 0.4) is 0 Å². The average molecular weight is 192 g/mol. The van der Waals surface area contributed by atoms with Crippen LogP contribution in [0, 0.1) is 12.3 Å². The molecule has 1 aliphatic rings. The molecule has 0 fully saturated rings. The van der Waals surface area contributed by atoms with Gasteiger partial charge in [-0.05, 0) is 19.9 Å². The van der Waals surface area contributed by atoms with Gasteiger partial charge in [-0.25, -0.2) is 0 Å². The second-order valence-corrected chi connectivity index (χ2v) is 3.58. The summed E-state index contributed by atoms with van der Waals surface area (Å²) in [4.78, 5) is 2.28. The normalized spacial score (nSPS) is 18.9. The lowest BCUT2D eigenvalue weighted by molar-refractivity contribution is 0.318. The van der Waals surface area contributed by atoms with Crippen molar-refractivity contribution in [2.45, 2.75) is 19.3 Å². The van der Waals surface area contributed by atoms with Crippen molar-refractivity contribution in [2.24, 2.45) is 5.16 Å². The van der Waals surface area contributed by atoms with E-state index in [0.29, 0.717) is 12.1 Å². The van der Waals surface area contributed by atoms with Crippen molar-refractivity contribution in [2.75, 3.05) is 20.1 Å². The van der Waals surface area contributed by atoms with Gasteiger partial charge in [0.1, 0.15) is 5.71 Å². The minimum absolute atomic E-state index is 0.430. The van der Waals surface area contributed by atoms with E-state index in [1.54, 1.807) is 0 Å². The number of hydrogen-bond donors (Lipinski definition) is 1. The van der Waals surface area contributed by atoms with Crippen molar-refractivity contribution in [1.29, 1.82) is 0 Å². The van der Waals surface area contributed by atoms with E-state index in [0.717, 1.165) is 25.9 Å². The summed E-state index contributed by atoms with van der Waals surface area (Å²) in [5.41, 5.74) is 1.81. The fraction of sp³-hybridized carbons (Fsp3) is 0.545. The molecule has 0 unspecified atom stereocenters. The van der Waals surface area contributed by atoms with Gasteiger partial charge in [0.05, 0.1) is 0 Å². The third-order valence-electron chi connectivity index (χ3n) is 2.39. The molecule has 0 spiro atoms. The van der Waals surface area contributed by atoms with E-state index in [4.69, 9.17) is 11.6 Å². The van der Waals surface area contributed by atoms with Gasteiger partial charge in [-0.2, -0.15) is 0 Å². The molecule has 0 saturated heterocycles. The highest BCUT2D eigenvalue weighted by Crippen LogP contribution is 2.13. The molecule has 1 aliphatic heterocycles. The zero-order valence-corrected chi connectivity index (χ0v) is 8.53. The van der Waals surface area contributed by atoms with Crippen LogP contribution in [0.25, 0.3) is 0 Å². The summed E-state index contributed by atoms with van der Waals surface area (Å²) >= 11 is 0. The van der Waals surface area contributed by atoms with Gasteiger partial charge >= 0.3 is 0 Å². The molecule has 1 heterocycles. The lowest BCUT2D eigenvalue weighted by atomic mass is 10.0. The second-order valence-electron chi connectivity index (χ2n) is 3.58. The van der Waals surface area contributed by atoms with Crippen molar-refractivity contribution in [1.82, 2.24) is 4.90 Å². The molecule has 0 amide bonds. The van der Waals surface area contributed by atoms with Crippen LogP contribution in [0.5, 0.6) is 0 Å². The number of oxime groups is 1. The highest BCUT2D eigenvalue weighted by molar-refractivity contribution is 5.99. The summed E-state index contributed by atoms with van der Waals surface area (Å²) in [5, 5.41) is 11.6. The van der Waals surface area contributed by atoms with E-state index in [1.807, 2.05) is 0 Å². The Morgan fingerprint density at radius 1 is 1.79 bits per heavy atom. The van der Waals surface area contributed by atoms with Crippen LogP contribution in [0.15, 0.2) is 16.8 Å². The molecular weight excluding hydrogens is 176 g/mol. The Labute approximate surface area is 85.1 Å². The van der Waals surface area contributed by atoms with Crippen LogP contribution in [-0.4, -0.2) is 36.0 Å². The SMILES string of the molecule is C#CC(CCC1=CCCN(C)C1)=NO. The fourth-order valence-electron chi connectivity index (χ4n) is 1.59. The first-order chi connectivity index (χ1) is 6.76. The molecule has 0 radical (unpaired) electrons. The van der Waals surface area contributed by atoms with E-state index in [1.165, 1.54) is 5.57 Å². The quantitative estimate of drug-likeness (QED) is 0.242. The predicted octanol–water partition coefficient (Wildman–Crippen LogP) is 1.49. The third kappa shape index (κ3) is 3.23. The van der Waals surface area contributed by atoms with E-state index < -0.39 is 0 Å². The summed E-state index contributed by atoms with van der Waals surface area (Å²) in [5.74, 6) is 2.36. The molecule has 0 aromatic rings. The molecule has 76 valence electrons. The maximum Gasteiger partial charge on any atom is 0.129 e. The van der Waals surface area contributed by atoms with Gasteiger partial charge in [-0.15, -0.1) is 6.42 Å². The average Bonchev–Trinajstić information content (AvgIpc) is 2.19. The zero-order chi connectivity index (χ0) is 10.4. The van der Waals surface area contributed by atoms with Gasteiger partial charge < -0.3 is 10.1 Å². The van der Waals surface area contributed by atoms with Crippen molar-refractivity contribution < 1.29 is 5.21 Å². The Morgan fingerprint density at radius 3 is 3.14 bits per heavy atom. The van der Waals surface area contributed by atoms with E-state index in [2.05, 4.69) is 29.1 Å². The smallest absolute Gasteiger partial charge is 0.129 e. The molecule has 3 heteroatoms. The standard InChI is InChI=1S/C11H16N2O/c1-3-11(12-14)7-6-10-5-4-8-13(2)9-10/h1,5,14H,4,6-9H2,2H3. The lowest BCUT2D eigenvalue weighted by Gasteiger charge is -2.22. The summed E-state index contributed by atoms with van der Waals surface area (Å²) in [6.07, 6.45) is 10.1. The predicted molar refractivity (Wildman–Crippen MR) is 57.5 cm³/mol. The summed E-state index contributed by atoms with van der Waals surface area (Å²) in [7, 11) is 2.11. The van der Waals surface area contributed by atoms with E-state index >= 15 is 0 Å². The topological polar surface area (TPSA) is 35.8 Å². The minimum atomic E-state index is 0.430. The van der Waals surface area contributed by atoms with Gasteiger partial charge in [-0.1, -0.05) is 22.7 Å². The highest BCUT2D eigenvalue weighted by atomic mass is 16.4. The summed E-state index contributed by atoms with van der Waals surface area (Å²) in [6, 6.07) is 0. The zero-order valence-electron chi connectivity index (χ0n) is 8.53. The number of terminal acetylenes is 1. The maximum atomic E-state index is 8.52. The minimum Gasteiger partial charge on any atom is -0.410 e. The second kappa shape index (κ2) is 5.46. The molecule has 0 aromatic heterocycles. The van der Waals surface area contributed by atoms with Crippen molar-refractivity contribution in [3.8, 4) is 12.3 Å². The van der Waals surface area contributed by atoms with E-state index in [-0.39, 0.29) is 0 Å². The van der Waals surface area contributed by atoms with Gasteiger partial charge in [0.15, 0.2) is 0 Å². The van der Waals surface area contributed by atoms with Crippen LogP contribution in [0.2, 0.25) is 0 Å². The van der Waals surface area contributed by atoms with Crippen molar-refractivity contribution in [3.05, 3.63) is 11.6 Å². The van der Waals surface area contributed by atoms with Gasteiger partial charge in [-0.3, -0.25) is 0 Å². The summed E-state index contributed by atoms with van der Waals surface area (Å²) in [6.45, 7) is 2.13. The largest absolute Gasteiger partial charge is 0.410 e. The first-order valence-corrected chi connectivity index (χ1v) is 4.80. The van der Waals surface area contributed by atoms with Crippen LogP contribution < -0.4 is 0 Å². The number of rotatable bonds is 3. The van der Waals surface area contributed by atoms with Gasteiger partial charge in [0.2, 0.25) is 0 Å². The molecule has 14 heavy (non-hydrogen) atoms. The van der Waals surface area contributed by atoms with Crippen molar-refractivity contribution in [3.63, 3.8) is 0 Å². The monoisotopic (exact) mass is 192 g/mol. The maximum absolute atomic E-state index is 8.52. The summed E-state index contributed by atoms with van der Waals surface area (Å²) < 4.78 is 0. The molecule has 0 saturated carbocycles. The Bertz CT molecular complexity index is 286. The Morgan fingerprint density at radius 2 is 2.57 bits per heavy atom. The number of nitrogens with zero attached hydrogens (tertiary/aromatic N) is 2. The van der Waals surface area contributed by atoms with Crippen LogP contribution in [0.4, 0.5) is 0 Å². The molecule has 0 aliphatic carbocycles. The van der Waals surface area contributed by atoms with Crippen LogP contribution in [-0.2, 0) is 0 Å². The lowest BCUT2D eigenvalue weighted by Crippen LogP contribution is -2.25. The Balaban J connectivity index is 2.39. The van der Waals surface area contributed by atoms with Crippen molar-refractivity contribution >= 4 is 5.71 Å². The molecule has 0 atom stereocenters. The Hall–Kier alpha value is -1.27. The molecular formula is C11H16N2O. The molecule has 0 aromatic carbocycles. The van der Waals surface area contributed by atoms with Gasteiger partial charge in [0.25, 0.3) is 0 Å². The Kier molecular flexibility index (Phi) is 4.21. The number of likely N-dealkylation sites (N-methyl/N-ethyl adjacent to an activating group) is 1. The first-order valence-electron chi connectivity index (χ1n) is 4.80. The van der Waals surface area contributed by atoms with E-state index in [9.17, 15) is 0 Å². The number of hydrogen-bond acceptors (Lipinski definition) is 3. The van der Waals surface area contributed by atoms with Gasteiger partial charge in [0, 0.05) is 19.5 Å². The molecule has 1 N–H and O–H groups in total.